The van der Waals surface area contributed by atoms with Crippen LogP contribution in [0.15, 0.2) is 29.5 Å². The maximum absolute atomic E-state index is 12.1. The van der Waals surface area contributed by atoms with Gasteiger partial charge in [-0.05, 0) is 19.1 Å². The van der Waals surface area contributed by atoms with Crippen molar-refractivity contribution >= 4 is 12.0 Å². The van der Waals surface area contributed by atoms with Gasteiger partial charge < -0.3 is 24.8 Å². The second-order valence-corrected chi connectivity index (χ2v) is 4.67. The normalized spacial score (nSPS) is 17.5. The van der Waals surface area contributed by atoms with Crippen LogP contribution in [0.1, 0.15) is 18.5 Å². The van der Waals surface area contributed by atoms with Gasteiger partial charge in [-0.3, -0.25) is 0 Å². The van der Waals surface area contributed by atoms with E-state index in [1.165, 1.54) is 14.2 Å². The minimum atomic E-state index is -0.665. The molecule has 0 radical (unpaired) electrons. The average molecular weight is 306 g/mol. The van der Waals surface area contributed by atoms with Gasteiger partial charge in [0.1, 0.15) is 11.5 Å². The monoisotopic (exact) mass is 306 g/mol. The Morgan fingerprint density at radius 3 is 2.50 bits per heavy atom. The Morgan fingerprint density at radius 2 is 1.91 bits per heavy atom. The van der Waals surface area contributed by atoms with Crippen LogP contribution in [0.3, 0.4) is 0 Å². The van der Waals surface area contributed by atoms with Crippen molar-refractivity contribution in [2.45, 2.75) is 13.0 Å². The number of amides is 2. The molecule has 2 rings (SSSR count). The van der Waals surface area contributed by atoms with Gasteiger partial charge in [0.25, 0.3) is 0 Å². The average Bonchev–Trinajstić information content (AvgIpc) is 2.52. The quantitative estimate of drug-likeness (QED) is 0.823. The van der Waals surface area contributed by atoms with Gasteiger partial charge in [-0.2, -0.15) is 0 Å². The van der Waals surface area contributed by atoms with E-state index in [0.29, 0.717) is 28.3 Å². The molecule has 118 valence electrons. The van der Waals surface area contributed by atoms with Crippen LogP contribution in [0.5, 0.6) is 11.5 Å². The van der Waals surface area contributed by atoms with Crippen molar-refractivity contribution < 1.29 is 23.8 Å². The molecule has 0 saturated heterocycles. The van der Waals surface area contributed by atoms with Gasteiger partial charge in [-0.1, -0.05) is 0 Å². The number of rotatable bonds is 4. The summed E-state index contributed by atoms with van der Waals surface area (Å²) in [6.07, 6.45) is 0. The maximum atomic E-state index is 12.1. The second-order valence-electron chi connectivity index (χ2n) is 4.67. The van der Waals surface area contributed by atoms with E-state index in [4.69, 9.17) is 14.2 Å². The van der Waals surface area contributed by atoms with E-state index in [-0.39, 0.29) is 0 Å². The Bertz CT molecular complexity index is 639. The molecule has 0 aromatic heterocycles. The highest BCUT2D eigenvalue weighted by atomic mass is 16.5. The van der Waals surface area contributed by atoms with Gasteiger partial charge >= 0.3 is 12.0 Å². The minimum absolute atomic E-state index is 0.325. The van der Waals surface area contributed by atoms with Crippen LogP contribution in [-0.4, -0.2) is 33.3 Å². The van der Waals surface area contributed by atoms with Crippen molar-refractivity contribution in [2.75, 3.05) is 21.3 Å². The van der Waals surface area contributed by atoms with E-state index in [1.807, 2.05) is 0 Å². The van der Waals surface area contributed by atoms with E-state index in [2.05, 4.69) is 10.6 Å². The first-order chi connectivity index (χ1) is 10.5. The number of carbonyl (C=O) groups is 2. The van der Waals surface area contributed by atoms with Crippen LogP contribution in [0.25, 0.3) is 0 Å². The third-order valence-corrected chi connectivity index (χ3v) is 3.43. The highest BCUT2D eigenvalue weighted by Gasteiger charge is 2.33. The van der Waals surface area contributed by atoms with Gasteiger partial charge in [-0.25, -0.2) is 9.59 Å². The summed E-state index contributed by atoms with van der Waals surface area (Å²) in [7, 11) is 4.35. The Kier molecular flexibility index (Phi) is 4.55. The smallest absolute Gasteiger partial charge is 0.337 e. The molecular weight excluding hydrogens is 288 g/mol. The lowest BCUT2D eigenvalue weighted by molar-refractivity contribution is -0.136. The van der Waals surface area contributed by atoms with Gasteiger partial charge in [0, 0.05) is 17.3 Å². The Balaban J connectivity index is 2.55. The lowest BCUT2D eigenvalue weighted by Gasteiger charge is -2.28. The first-order valence-corrected chi connectivity index (χ1v) is 6.60. The number of ether oxygens (including phenoxy) is 3. The van der Waals surface area contributed by atoms with Crippen LogP contribution in [-0.2, 0) is 9.53 Å². The predicted octanol–water partition coefficient (Wildman–Crippen LogP) is 1.50. The summed E-state index contributed by atoms with van der Waals surface area (Å²) >= 11 is 0. The van der Waals surface area contributed by atoms with Crippen molar-refractivity contribution in [3.63, 3.8) is 0 Å². The van der Waals surface area contributed by atoms with Gasteiger partial charge in [-0.15, -0.1) is 0 Å². The van der Waals surface area contributed by atoms with Crippen LogP contribution < -0.4 is 20.1 Å². The zero-order valence-electron chi connectivity index (χ0n) is 12.9. The highest BCUT2D eigenvalue weighted by molar-refractivity contribution is 5.95. The zero-order chi connectivity index (χ0) is 16.3. The van der Waals surface area contributed by atoms with Crippen LogP contribution >= 0.6 is 0 Å². The molecule has 0 aliphatic carbocycles. The molecule has 1 aliphatic heterocycles. The van der Waals surface area contributed by atoms with E-state index in [9.17, 15) is 9.59 Å². The van der Waals surface area contributed by atoms with Crippen molar-refractivity contribution in [2.24, 2.45) is 0 Å². The van der Waals surface area contributed by atoms with Crippen molar-refractivity contribution in [1.29, 1.82) is 0 Å². The summed E-state index contributed by atoms with van der Waals surface area (Å²) < 4.78 is 15.3. The lowest BCUT2D eigenvalue weighted by atomic mass is 9.94. The SMILES string of the molecule is COC(=O)C1=C(C)NC(=O)N[C@@H]1c1ccc(OC)cc1OC. The molecule has 1 aromatic carbocycles. The molecule has 7 nitrogen and oxygen atoms in total. The van der Waals surface area contributed by atoms with E-state index in [1.54, 1.807) is 32.2 Å². The molecule has 1 aliphatic rings. The topological polar surface area (TPSA) is 85.9 Å². The molecule has 0 saturated carbocycles. The number of hydrogen-bond acceptors (Lipinski definition) is 5. The molecule has 7 heteroatoms. The molecule has 0 fully saturated rings. The number of nitrogens with one attached hydrogen (secondary N) is 2. The summed E-state index contributed by atoms with van der Waals surface area (Å²) in [5.74, 6) is 0.592. The summed E-state index contributed by atoms with van der Waals surface area (Å²) in [6, 6.07) is 4.10. The predicted molar refractivity (Wildman–Crippen MR) is 78.7 cm³/mol. The van der Waals surface area contributed by atoms with Crippen molar-refractivity contribution in [1.82, 2.24) is 10.6 Å². The molecule has 22 heavy (non-hydrogen) atoms. The summed E-state index contributed by atoms with van der Waals surface area (Å²) in [4.78, 5) is 23.8. The second kappa shape index (κ2) is 6.38. The molecule has 1 heterocycles. The third-order valence-electron chi connectivity index (χ3n) is 3.43. The number of esters is 1. The van der Waals surface area contributed by atoms with Gasteiger partial charge in [0.05, 0.1) is 32.9 Å². The first-order valence-electron chi connectivity index (χ1n) is 6.60. The zero-order valence-corrected chi connectivity index (χ0v) is 12.9. The summed E-state index contributed by atoms with van der Waals surface area (Å²) in [5, 5.41) is 5.28. The standard InChI is InChI=1S/C15H18N2O5/c1-8-12(14(18)22-4)13(17-15(19)16-8)10-6-5-9(20-2)7-11(10)21-3/h5-7,13H,1-4H3,(H2,16,17,19)/t13-/m1/s1. The van der Waals surface area contributed by atoms with Gasteiger partial charge in [0.15, 0.2) is 0 Å². The number of hydrogen-bond donors (Lipinski definition) is 2. The fourth-order valence-electron chi connectivity index (χ4n) is 2.36. The molecule has 1 atom stereocenters. The largest absolute Gasteiger partial charge is 0.497 e. The lowest BCUT2D eigenvalue weighted by Crippen LogP contribution is -2.45. The van der Waals surface area contributed by atoms with E-state index in [0.717, 1.165) is 0 Å². The molecule has 1 aromatic rings. The Morgan fingerprint density at radius 1 is 1.18 bits per heavy atom. The first kappa shape index (κ1) is 15.7. The molecule has 2 amide bonds. The fourth-order valence-corrected chi connectivity index (χ4v) is 2.36. The molecular formula is C15H18N2O5. The van der Waals surface area contributed by atoms with Crippen LogP contribution in [0.2, 0.25) is 0 Å². The molecule has 0 spiro atoms. The summed E-state index contributed by atoms with van der Waals surface area (Å²) in [6.45, 7) is 1.65. The van der Waals surface area contributed by atoms with E-state index < -0.39 is 18.0 Å². The number of urea groups is 1. The third kappa shape index (κ3) is 2.83. The number of methoxy groups -OCH3 is 3. The van der Waals surface area contributed by atoms with Crippen molar-refractivity contribution in [3.8, 4) is 11.5 Å². The summed E-state index contributed by atoms with van der Waals surface area (Å²) in [5.41, 5.74) is 1.40. The van der Waals surface area contributed by atoms with Gasteiger partial charge in [0.2, 0.25) is 0 Å². The molecule has 0 bridgehead atoms. The Hall–Kier alpha value is -2.70. The van der Waals surface area contributed by atoms with Crippen LogP contribution in [0, 0.1) is 0 Å². The minimum Gasteiger partial charge on any atom is -0.497 e. The number of benzene rings is 1. The van der Waals surface area contributed by atoms with E-state index >= 15 is 0 Å². The fraction of sp³-hybridized carbons (Fsp3) is 0.333. The molecule has 2 N–H and O–H groups in total. The van der Waals surface area contributed by atoms with Crippen LogP contribution in [0.4, 0.5) is 4.79 Å². The number of allylic oxidation sites excluding steroid dienone is 1. The number of carbonyl (C=O) groups excluding carboxylic acids is 2. The molecule has 0 unspecified atom stereocenters. The Labute approximate surface area is 128 Å². The highest BCUT2D eigenvalue weighted by Crippen LogP contribution is 2.35. The maximum Gasteiger partial charge on any atom is 0.337 e. The van der Waals surface area contributed by atoms with Crippen molar-refractivity contribution in [3.05, 3.63) is 35.0 Å².